The first-order chi connectivity index (χ1) is 11.9. The Labute approximate surface area is 150 Å². The van der Waals surface area contributed by atoms with Crippen LogP contribution in [0, 0.1) is 11.7 Å². The second-order valence-corrected chi connectivity index (χ2v) is 10.2. The Morgan fingerprint density at radius 3 is 2.64 bits per heavy atom. The molecule has 2 aliphatic heterocycles. The number of rotatable bonds is 4. The largest absolute Gasteiger partial charge is 0.346 e. The number of aliphatic imine (C=N–C) groups is 1. The summed E-state index contributed by atoms with van der Waals surface area (Å²) >= 11 is 1.42. The number of amidine groups is 1. The van der Waals surface area contributed by atoms with Crippen molar-refractivity contribution in [2.24, 2.45) is 10.9 Å². The highest BCUT2D eigenvalue weighted by Crippen LogP contribution is 2.39. The number of nitrogens with zero attached hydrogens (tertiary/aromatic N) is 2. The summed E-state index contributed by atoms with van der Waals surface area (Å²) in [7, 11) is -3.03. The van der Waals surface area contributed by atoms with Crippen LogP contribution >= 0.6 is 11.8 Å². The van der Waals surface area contributed by atoms with E-state index in [1.54, 1.807) is 12.1 Å². The fraction of sp³-hybridized carbons (Fsp3) is 0.529. The minimum atomic E-state index is -3.03. The van der Waals surface area contributed by atoms with E-state index in [2.05, 4.69) is 4.99 Å². The molecule has 3 fully saturated rings. The van der Waals surface area contributed by atoms with Crippen molar-refractivity contribution in [3.63, 3.8) is 0 Å². The van der Waals surface area contributed by atoms with Gasteiger partial charge in [0.15, 0.2) is 15.0 Å². The van der Waals surface area contributed by atoms with Gasteiger partial charge in [0.25, 0.3) is 5.91 Å². The van der Waals surface area contributed by atoms with Crippen molar-refractivity contribution in [2.45, 2.75) is 30.6 Å². The maximum atomic E-state index is 13.0. The number of halogens is 1. The summed E-state index contributed by atoms with van der Waals surface area (Å²) in [6.45, 7) is 0.575. The van der Waals surface area contributed by atoms with E-state index in [4.69, 9.17) is 0 Å². The second kappa shape index (κ2) is 6.39. The fourth-order valence-corrected chi connectivity index (χ4v) is 7.30. The first kappa shape index (κ1) is 17.0. The van der Waals surface area contributed by atoms with Crippen LogP contribution in [0.4, 0.5) is 4.39 Å². The van der Waals surface area contributed by atoms with Gasteiger partial charge >= 0.3 is 0 Å². The van der Waals surface area contributed by atoms with Crippen LogP contribution in [-0.4, -0.2) is 53.7 Å². The molecule has 0 aromatic heterocycles. The van der Waals surface area contributed by atoms with Gasteiger partial charge in [0.2, 0.25) is 0 Å². The standard InChI is InChI=1S/C17H19FN2O3S2/c18-13-5-1-11(2-6-13)7-8-20-14-9-25(22,23)10-15(14)24-17(20)19-16(21)12-3-4-12/h1-2,5-6,12,14-15H,3-4,7-10H2. The molecule has 5 nitrogen and oxygen atoms in total. The number of benzene rings is 1. The summed E-state index contributed by atoms with van der Waals surface area (Å²) in [4.78, 5) is 18.3. The van der Waals surface area contributed by atoms with Crippen molar-refractivity contribution in [3.05, 3.63) is 35.6 Å². The smallest absolute Gasteiger partial charge is 0.251 e. The lowest BCUT2D eigenvalue weighted by atomic mass is 10.1. The zero-order valence-electron chi connectivity index (χ0n) is 13.6. The van der Waals surface area contributed by atoms with E-state index in [0.717, 1.165) is 18.4 Å². The van der Waals surface area contributed by atoms with Crippen molar-refractivity contribution in [2.75, 3.05) is 18.1 Å². The number of sulfone groups is 1. The van der Waals surface area contributed by atoms with Crippen LogP contribution in [0.25, 0.3) is 0 Å². The van der Waals surface area contributed by atoms with Gasteiger partial charge in [-0.2, -0.15) is 4.99 Å². The predicted molar refractivity (Wildman–Crippen MR) is 95.8 cm³/mol. The highest BCUT2D eigenvalue weighted by Gasteiger charge is 2.48. The third kappa shape index (κ3) is 3.74. The lowest BCUT2D eigenvalue weighted by molar-refractivity contribution is -0.118. The maximum absolute atomic E-state index is 13.0. The van der Waals surface area contributed by atoms with E-state index >= 15 is 0 Å². The quantitative estimate of drug-likeness (QED) is 0.795. The molecule has 1 saturated carbocycles. The van der Waals surface area contributed by atoms with Gasteiger partial charge in [-0.3, -0.25) is 4.79 Å². The maximum Gasteiger partial charge on any atom is 0.251 e. The number of carbonyl (C=O) groups is 1. The molecule has 2 atom stereocenters. The van der Waals surface area contributed by atoms with Gasteiger partial charge in [0.05, 0.1) is 17.5 Å². The molecule has 1 aliphatic carbocycles. The summed E-state index contributed by atoms with van der Waals surface area (Å²) in [5.74, 6) is -0.0513. The van der Waals surface area contributed by atoms with Crippen molar-refractivity contribution in [3.8, 4) is 0 Å². The average Bonchev–Trinajstić information content (AvgIpc) is 3.29. The van der Waals surface area contributed by atoms with Crippen molar-refractivity contribution >= 4 is 32.7 Å². The Morgan fingerprint density at radius 1 is 1.24 bits per heavy atom. The van der Waals surface area contributed by atoms with Crippen LogP contribution in [-0.2, 0) is 21.1 Å². The molecule has 2 saturated heterocycles. The molecule has 0 N–H and O–H groups in total. The molecular weight excluding hydrogens is 363 g/mol. The number of fused-ring (bicyclic) bond motifs is 1. The first-order valence-corrected chi connectivity index (χ1v) is 11.1. The van der Waals surface area contributed by atoms with Crippen LogP contribution in [0.15, 0.2) is 29.3 Å². The Kier molecular flexibility index (Phi) is 4.35. The fourth-order valence-electron chi connectivity index (χ4n) is 3.31. The molecule has 3 aliphatic rings. The Hall–Kier alpha value is -1.41. The molecule has 0 spiro atoms. The van der Waals surface area contributed by atoms with E-state index < -0.39 is 9.84 Å². The van der Waals surface area contributed by atoms with E-state index in [9.17, 15) is 17.6 Å². The predicted octanol–water partition coefficient (Wildman–Crippen LogP) is 1.88. The summed E-state index contributed by atoms with van der Waals surface area (Å²) in [5.41, 5.74) is 0.976. The first-order valence-electron chi connectivity index (χ1n) is 8.42. The van der Waals surface area contributed by atoms with Crippen LogP contribution in [0.5, 0.6) is 0 Å². The summed E-state index contributed by atoms with van der Waals surface area (Å²) in [6.07, 6.45) is 2.45. The van der Waals surface area contributed by atoms with Gasteiger partial charge in [-0.1, -0.05) is 23.9 Å². The highest BCUT2D eigenvalue weighted by atomic mass is 32.2. The normalized spacial score (nSPS) is 29.2. The highest BCUT2D eigenvalue weighted by molar-refractivity contribution is 8.15. The zero-order valence-corrected chi connectivity index (χ0v) is 15.2. The lowest BCUT2D eigenvalue weighted by Crippen LogP contribution is -2.39. The van der Waals surface area contributed by atoms with Gasteiger partial charge in [-0.15, -0.1) is 0 Å². The van der Waals surface area contributed by atoms with Crippen molar-refractivity contribution < 1.29 is 17.6 Å². The molecule has 1 aromatic rings. The average molecular weight is 382 g/mol. The van der Waals surface area contributed by atoms with Crippen LogP contribution in [0.1, 0.15) is 18.4 Å². The van der Waals surface area contributed by atoms with Crippen LogP contribution < -0.4 is 0 Å². The molecule has 25 heavy (non-hydrogen) atoms. The second-order valence-electron chi connectivity index (χ2n) is 6.88. The Bertz CT molecular complexity index is 819. The number of hydrogen-bond donors (Lipinski definition) is 0. The molecule has 0 radical (unpaired) electrons. The third-order valence-corrected chi connectivity index (χ3v) is 8.11. The van der Waals surface area contributed by atoms with Crippen LogP contribution in [0.3, 0.4) is 0 Å². The molecular formula is C17H19FN2O3S2. The van der Waals surface area contributed by atoms with E-state index in [-0.39, 0.29) is 40.4 Å². The monoisotopic (exact) mass is 382 g/mol. The Balaban J connectivity index is 1.52. The minimum absolute atomic E-state index is 0.0519. The van der Waals surface area contributed by atoms with E-state index in [1.165, 1.54) is 23.9 Å². The lowest BCUT2D eigenvalue weighted by Gasteiger charge is -2.24. The molecule has 8 heteroatoms. The van der Waals surface area contributed by atoms with Crippen LogP contribution in [0.2, 0.25) is 0 Å². The number of thioether (sulfide) groups is 1. The van der Waals surface area contributed by atoms with Gasteiger partial charge in [-0.05, 0) is 37.0 Å². The molecule has 2 unspecified atom stereocenters. The molecule has 134 valence electrons. The Morgan fingerprint density at radius 2 is 1.96 bits per heavy atom. The van der Waals surface area contributed by atoms with Crippen molar-refractivity contribution in [1.82, 2.24) is 4.90 Å². The molecule has 1 amide bonds. The van der Waals surface area contributed by atoms with E-state index in [0.29, 0.717) is 18.1 Å². The number of hydrogen-bond acceptors (Lipinski definition) is 4. The molecule has 0 bridgehead atoms. The topological polar surface area (TPSA) is 66.8 Å². The molecule has 2 heterocycles. The summed E-state index contributed by atoms with van der Waals surface area (Å²) in [5, 5.41) is 0.605. The minimum Gasteiger partial charge on any atom is -0.346 e. The van der Waals surface area contributed by atoms with Gasteiger partial charge in [0, 0.05) is 17.7 Å². The van der Waals surface area contributed by atoms with Gasteiger partial charge in [0.1, 0.15) is 5.82 Å². The number of amides is 1. The van der Waals surface area contributed by atoms with Gasteiger partial charge < -0.3 is 4.90 Å². The summed E-state index contributed by atoms with van der Waals surface area (Å²) < 4.78 is 37.0. The summed E-state index contributed by atoms with van der Waals surface area (Å²) in [6, 6.07) is 6.17. The third-order valence-electron chi connectivity index (χ3n) is 4.86. The number of carbonyl (C=O) groups excluding carboxylic acids is 1. The SMILES string of the molecule is O=C(N=C1SC2CS(=O)(=O)CC2N1CCc1ccc(F)cc1)C1CC1. The van der Waals surface area contributed by atoms with Gasteiger partial charge in [-0.25, -0.2) is 12.8 Å². The van der Waals surface area contributed by atoms with E-state index in [1.807, 2.05) is 4.90 Å². The van der Waals surface area contributed by atoms with Crippen molar-refractivity contribution in [1.29, 1.82) is 0 Å². The molecule has 1 aromatic carbocycles. The zero-order chi connectivity index (χ0) is 17.6. The molecule has 4 rings (SSSR count).